The van der Waals surface area contributed by atoms with E-state index in [1.807, 2.05) is 13.8 Å². The standard InChI is InChI=1S/C22H24N4O5S/c1-16(2)26-20(13-14-23-26)24-21(27)15-31-22(28)18-11-7-8-12-19(18)32(29,30)25(3)17-9-5-4-6-10-17/h4-14,16H,15H2,1-3H3,(H,24,27). The maximum absolute atomic E-state index is 13.1. The van der Waals surface area contributed by atoms with E-state index >= 15 is 0 Å². The Balaban J connectivity index is 1.74. The van der Waals surface area contributed by atoms with Crippen molar-refractivity contribution >= 4 is 33.4 Å². The maximum atomic E-state index is 13.1. The minimum absolute atomic E-state index is 0.0292. The third-order valence-electron chi connectivity index (χ3n) is 4.63. The fourth-order valence-corrected chi connectivity index (χ4v) is 4.37. The molecule has 9 nitrogen and oxygen atoms in total. The number of para-hydroxylation sites is 1. The number of nitrogens with one attached hydrogen (secondary N) is 1. The van der Waals surface area contributed by atoms with E-state index in [4.69, 9.17) is 4.74 Å². The van der Waals surface area contributed by atoms with Crippen molar-refractivity contribution in [1.82, 2.24) is 9.78 Å². The van der Waals surface area contributed by atoms with Crippen molar-refractivity contribution in [3.8, 4) is 0 Å². The fraction of sp³-hybridized carbons (Fsp3) is 0.227. The zero-order valence-electron chi connectivity index (χ0n) is 17.9. The first-order valence-electron chi connectivity index (χ1n) is 9.85. The van der Waals surface area contributed by atoms with Crippen LogP contribution in [0, 0.1) is 0 Å². The molecule has 1 N–H and O–H groups in total. The lowest BCUT2D eigenvalue weighted by atomic mass is 10.2. The normalized spacial score (nSPS) is 11.2. The highest BCUT2D eigenvalue weighted by molar-refractivity contribution is 7.92. The Labute approximate surface area is 186 Å². The highest BCUT2D eigenvalue weighted by Crippen LogP contribution is 2.25. The molecule has 2 aromatic carbocycles. The Hall–Kier alpha value is -3.66. The van der Waals surface area contributed by atoms with Crippen LogP contribution in [0.2, 0.25) is 0 Å². The number of rotatable bonds is 8. The van der Waals surface area contributed by atoms with Gasteiger partial charge in [-0.2, -0.15) is 5.10 Å². The summed E-state index contributed by atoms with van der Waals surface area (Å²) in [5.41, 5.74) is 0.284. The minimum Gasteiger partial charge on any atom is -0.452 e. The molecule has 32 heavy (non-hydrogen) atoms. The molecular formula is C22H24N4O5S. The lowest BCUT2D eigenvalue weighted by molar-refractivity contribution is -0.119. The van der Waals surface area contributed by atoms with Crippen molar-refractivity contribution in [3.63, 3.8) is 0 Å². The first kappa shape index (κ1) is 23.0. The first-order valence-corrected chi connectivity index (χ1v) is 11.3. The molecule has 1 aromatic heterocycles. The van der Waals surface area contributed by atoms with Gasteiger partial charge in [-0.15, -0.1) is 0 Å². The van der Waals surface area contributed by atoms with Crippen LogP contribution in [0.25, 0.3) is 0 Å². The number of hydrogen-bond donors (Lipinski definition) is 1. The van der Waals surface area contributed by atoms with Crippen LogP contribution in [0.15, 0.2) is 71.8 Å². The van der Waals surface area contributed by atoms with Crippen molar-refractivity contribution in [2.75, 3.05) is 23.3 Å². The number of carbonyl (C=O) groups is 2. The highest BCUT2D eigenvalue weighted by Gasteiger charge is 2.27. The molecule has 0 atom stereocenters. The minimum atomic E-state index is -4.04. The number of nitrogens with zero attached hydrogens (tertiary/aromatic N) is 3. The Bertz CT molecular complexity index is 1210. The summed E-state index contributed by atoms with van der Waals surface area (Å²) in [5.74, 6) is -1.02. The summed E-state index contributed by atoms with van der Waals surface area (Å²) >= 11 is 0. The second-order valence-corrected chi connectivity index (χ2v) is 9.12. The van der Waals surface area contributed by atoms with Gasteiger partial charge in [0.05, 0.1) is 17.4 Å². The van der Waals surface area contributed by atoms with E-state index in [9.17, 15) is 18.0 Å². The van der Waals surface area contributed by atoms with Gasteiger partial charge >= 0.3 is 5.97 Å². The van der Waals surface area contributed by atoms with Gasteiger partial charge in [0, 0.05) is 19.2 Å². The van der Waals surface area contributed by atoms with Crippen LogP contribution in [0.1, 0.15) is 30.2 Å². The average Bonchev–Trinajstić information content (AvgIpc) is 3.26. The van der Waals surface area contributed by atoms with Gasteiger partial charge in [0.15, 0.2) is 6.61 Å². The summed E-state index contributed by atoms with van der Waals surface area (Å²) in [5, 5.41) is 6.74. The molecular weight excluding hydrogens is 432 g/mol. The molecule has 10 heteroatoms. The molecule has 0 aliphatic heterocycles. The first-order chi connectivity index (χ1) is 15.2. The van der Waals surface area contributed by atoms with Gasteiger partial charge in [0.1, 0.15) is 10.7 Å². The molecule has 0 bridgehead atoms. The van der Waals surface area contributed by atoms with E-state index < -0.39 is 28.5 Å². The molecule has 3 rings (SSSR count). The monoisotopic (exact) mass is 456 g/mol. The van der Waals surface area contributed by atoms with E-state index in [1.165, 1.54) is 31.3 Å². The van der Waals surface area contributed by atoms with Crippen molar-refractivity contribution in [1.29, 1.82) is 0 Å². The number of sulfonamides is 1. The van der Waals surface area contributed by atoms with Crippen LogP contribution in [-0.4, -0.2) is 43.7 Å². The van der Waals surface area contributed by atoms with Crippen LogP contribution in [0.5, 0.6) is 0 Å². The van der Waals surface area contributed by atoms with Gasteiger partial charge in [-0.05, 0) is 38.1 Å². The quantitative estimate of drug-likeness (QED) is 0.522. The van der Waals surface area contributed by atoms with Crippen LogP contribution in [0.3, 0.4) is 0 Å². The summed E-state index contributed by atoms with van der Waals surface area (Å²) < 4.78 is 34.1. The summed E-state index contributed by atoms with van der Waals surface area (Å²) in [6.07, 6.45) is 1.55. The number of amides is 1. The number of esters is 1. The summed E-state index contributed by atoms with van der Waals surface area (Å²) in [7, 11) is -2.64. The maximum Gasteiger partial charge on any atom is 0.340 e. The number of aromatic nitrogens is 2. The number of anilines is 2. The molecule has 0 aliphatic carbocycles. The summed E-state index contributed by atoms with van der Waals surface area (Å²) in [6, 6.07) is 15.9. The molecule has 1 heterocycles. The van der Waals surface area contributed by atoms with Gasteiger partial charge < -0.3 is 10.1 Å². The summed E-state index contributed by atoms with van der Waals surface area (Å²) in [6.45, 7) is 3.24. The Morgan fingerprint density at radius 1 is 1.06 bits per heavy atom. The third-order valence-corrected chi connectivity index (χ3v) is 6.47. The van der Waals surface area contributed by atoms with Crippen molar-refractivity contribution in [3.05, 3.63) is 72.4 Å². The van der Waals surface area contributed by atoms with Gasteiger partial charge in [-0.3, -0.25) is 9.10 Å². The number of hydrogen-bond acceptors (Lipinski definition) is 6. The molecule has 0 unspecified atom stereocenters. The Morgan fingerprint density at radius 2 is 1.72 bits per heavy atom. The van der Waals surface area contributed by atoms with Crippen LogP contribution in [0.4, 0.5) is 11.5 Å². The van der Waals surface area contributed by atoms with Crippen molar-refractivity contribution < 1.29 is 22.7 Å². The molecule has 0 spiro atoms. The lowest BCUT2D eigenvalue weighted by Crippen LogP contribution is -2.29. The third kappa shape index (κ3) is 4.97. The highest BCUT2D eigenvalue weighted by atomic mass is 32.2. The van der Waals surface area contributed by atoms with Crippen molar-refractivity contribution in [2.24, 2.45) is 0 Å². The van der Waals surface area contributed by atoms with Gasteiger partial charge in [0.2, 0.25) is 0 Å². The number of ether oxygens (including phenoxy) is 1. The lowest BCUT2D eigenvalue weighted by Gasteiger charge is -2.20. The zero-order valence-corrected chi connectivity index (χ0v) is 18.7. The van der Waals surface area contributed by atoms with Crippen molar-refractivity contribution in [2.45, 2.75) is 24.8 Å². The van der Waals surface area contributed by atoms with Crippen LogP contribution >= 0.6 is 0 Å². The van der Waals surface area contributed by atoms with E-state index in [2.05, 4.69) is 10.4 Å². The smallest absolute Gasteiger partial charge is 0.340 e. The van der Waals surface area contributed by atoms with Gasteiger partial charge in [-0.1, -0.05) is 30.3 Å². The SMILES string of the molecule is CC(C)n1nccc1NC(=O)COC(=O)c1ccccc1S(=O)(=O)N(C)c1ccccc1. The van der Waals surface area contributed by atoms with Gasteiger partial charge in [0.25, 0.3) is 15.9 Å². The predicted molar refractivity (Wildman–Crippen MR) is 120 cm³/mol. The molecule has 3 aromatic rings. The Kier molecular flexibility index (Phi) is 6.94. The molecule has 0 saturated heterocycles. The topological polar surface area (TPSA) is 111 Å². The van der Waals surface area contributed by atoms with E-state index in [0.717, 1.165) is 4.31 Å². The predicted octanol–water partition coefficient (Wildman–Crippen LogP) is 3.08. The largest absolute Gasteiger partial charge is 0.452 e. The molecule has 0 radical (unpaired) electrons. The fourth-order valence-electron chi connectivity index (χ4n) is 3.00. The average molecular weight is 457 g/mol. The molecule has 0 fully saturated rings. The summed E-state index contributed by atoms with van der Waals surface area (Å²) in [4.78, 5) is 24.7. The van der Waals surface area contributed by atoms with E-state index in [0.29, 0.717) is 11.5 Å². The second kappa shape index (κ2) is 9.65. The van der Waals surface area contributed by atoms with Gasteiger partial charge in [-0.25, -0.2) is 17.9 Å². The van der Waals surface area contributed by atoms with E-state index in [-0.39, 0.29) is 16.5 Å². The second-order valence-electron chi connectivity index (χ2n) is 7.18. The van der Waals surface area contributed by atoms with Crippen LogP contribution in [-0.2, 0) is 19.6 Å². The number of benzene rings is 2. The Morgan fingerprint density at radius 3 is 2.41 bits per heavy atom. The molecule has 0 aliphatic rings. The van der Waals surface area contributed by atoms with Crippen LogP contribution < -0.4 is 9.62 Å². The zero-order chi connectivity index (χ0) is 23.3. The number of carbonyl (C=O) groups excluding carboxylic acids is 2. The molecule has 1 amide bonds. The molecule has 168 valence electrons. The molecule has 0 saturated carbocycles. The van der Waals surface area contributed by atoms with E-state index in [1.54, 1.807) is 47.3 Å².